The van der Waals surface area contributed by atoms with Crippen molar-refractivity contribution in [1.29, 1.82) is 0 Å². The number of nitrogens with zero attached hydrogens (tertiary/aromatic N) is 1. The number of aromatic nitrogens is 1. The van der Waals surface area contributed by atoms with Crippen LogP contribution in [0.25, 0.3) is 0 Å². The molecule has 0 spiro atoms. The summed E-state index contributed by atoms with van der Waals surface area (Å²) in [5.74, 6) is 0. The van der Waals surface area contributed by atoms with Crippen LogP contribution in [0.3, 0.4) is 0 Å². The molecule has 1 N–H and O–H groups in total. The normalized spacial score (nSPS) is 12.9. The van der Waals surface area contributed by atoms with E-state index in [0.29, 0.717) is 6.04 Å². The number of rotatable bonds is 4. The highest BCUT2D eigenvalue weighted by Crippen LogP contribution is 2.06. The van der Waals surface area contributed by atoms with E-state index < -0.39 is 0 Å². The largest absolute Gasteiger partial charge is 0.310 e. The van der Waals surface area contributed by atoms with Gasteiger partial charge in [-0.25, -0.2) is 0 Å². The summed E-state index contributed by atoms with van der Waals surface area (Å²) in [6.45, 7) is 9.42. The third kappa shape index (κ3) is 3.11. The monoisotopic (exact) mass is 192 g/mol. The Bertz CT molecular complexity index is 294. The molecule has 0 aromatic carbocycles. The summed E-state index contributed by atoms with van der Waals surface area (Å²) in [5, 5.41) is 3.47. The van der Waals surface area contributed by atoms with Gasteiger partial charge in [-0.05, 0) is 38.8 Å². The molecule has 1 aromatic heterocycles. The van der Waals surface area contributed by atoms with Crippen molar-refractivity contribution in [1.82, 2.24) is 10.3 Å². The zero-order valence-electron chi connectivity index (χ0n) is 9.59. The molecule has 1 atom stereocenters. The lowest BCUT2D eigenvalue weighted by atomic mass is 10.1. The van der Waals surface area contributed by atoms with Gasteiger partial charge in [-0.3, -0.25) is 4.98 Å². The molecule has 2 nitrogen and oxygen atoms in total. The predicted octanol–water partition coefficient (Wildman–Crippen LogP) is 2.59. The molecule has 0 aliphatic carbocycles. The van der Waals surface area contributed by atoms with Gasteiger partial charge in [-0.15, -0.1) is 0 Å². The standard InChI is InChI=1S/C12H20N2/c1-5-9(2)13-8-12-7-6-10(3)14-11(12)4/h6-7,9,13H,5,8H2,1-4H3. The first kappa shape index (κ1) is 11.2. The molecule has 2 heteroatoms. The van der Waals surface area contributed by atoms with Crippen LogP contribution in [-0.4, -0.2) is 11.0 Å². The topological polar surface area (TPSA) is 24.9 Å². The molecular formula is C12H20N2. The van der Waals surface area contributed by atoms with E-state index in [9.17, 15) is 0 Å². The van der Waals surface area contributed by atoms with E-state index in [0.717, 1.165) is 17.9 Å². The highest BCUT2D eigenvalue weighted by Gasteiger charge is 2.01. The van der Waals surface area contributed by atoms with Crippen molar-refractivity contribution in [2.24, 2.45) is 0 Å². The number of pyridine rings is 1. The SMILES string of the molecule is CCC(C)NCc1ccc(C)nc1C. The van der Waals surface area contributed by atoms with Crippen LogP contribution in [-0.2, 0) is 6.54 Å². The molecule has 1 rings (SSSR count). The van der Waals surface area contributed by atoms with Gasteiger partial charge in [0.2, 0.25) is 0 Å². The van der Waals surface area contributed by atoms with Crippen molar-refractivity contribution in [2.75, 3.05) is 0 Å². The lowest BCUT2D eigenvalue weighted by Gasteiger charge is -2.12. The average molecular weight is 192 g/mol. The van der Waals surface area contributed by atoms with E-state index in [4.69, 9.17) is 0 Å². The van der Waals surface area contributed by atoms with Crippen LogP contribution in [0.1, 0.15) is 37.2 Å². The third-order valence-corrected chi connectivity index (χ3v) is 2.59. The predicted molar refractivity (Wildman–Crippen MR) is 60.3 cm³/mol. The van der Waals surface area contributed by atoms with E-state index >= 15 is 0 Å². The summed E-state index contributed by atoms with van der Waals surface area (Å²) in [7, 11) is 0. The molecule has 0 radical (unpaired) electrons. The summed E-state index contributed by atoms with van der Waals surface area (Å²) < 4.78 is 0. The Hall–Kier alpha value is -0.890. The minimum Gasteiger partial charge on any atom is -0.310 e. The minimum atomic E-state index is 0.579. The van der Waals surface area contributed by atoms with Gasteiger partial charge >= 0.3 is 0 Å². The number of nitrogens with one attached hydrogen (secondary N) is 1. The van der Waals surface area contributed by atoms with Crippen molar-refractivity contribution in [3.63, 3.8) is 0 Å². The molecule has 0 saturated carbocycles. The summed E-state index contributed by atoms with van der Waals surface area (Å²) >= 11 is 0. The number of hydrogen-bond acceptors (Lipinski definition) is 2. The van der Waals surface area contributed by atoms with Gasteiger partial charge in [0.15, 0.2) is 0 Å². The molecule has 0 aliphatic heterocycles. The third-order valence-electron chi connectivity index (χ3n) is 2.59. The van der Waals surface area contributed by atoms with Crippen LogP contribution < -0.4 is 5.32 Å². The van der Waals surface area contributed by atoms with Crippen LogP contribution in [0, 0.1) is 13.8 Å². The molecule has 0 aliphatic rings. The van der Waals surface area contributed by atoms with E-state index in [1.54, 1.807) is 0 Å². The average Bonchev–Trinajstić information content (AvgIpc) is 2.16. The first-order chi connectivity index (χ1) is 6.63. The lowest BCUT2D eigenvalue weighted by Crippen LogP contribution is -2.24. The molecule has 14 heavy (non-hydrogen) atoms. The summed E-state index contributed by atoms with van der Waals surface area (Å²) in [4.78, 5) is 4.44. The van der Waals surface area contributed by atoms with Gasteiger partial charge in [-0.2, -0.15) is 0 Å². The molecule has 78 valence electrons. The second-order valence-electron chi connectivity index (χ2n) is 3.89. The van der Waals surface area contributed by atoms with Crippen LogP contribution in [0.15, 0.2) is 12.1 Å². The lowest BCUT2D eigenvalue weighted by molar-refractivity contribution is 0.532. The fourth-order valence-corrected chi connectivity index (χ4v) is 1.33. The van der Waals surface area contributed by atoms with Crippen molar-refractivity contribution < 1.29 is 0 Å². The second-order valence-corrected chi connectivity index (χ2v) is 3.89. The van der Waals surface area contributed by atoms with Crippen LogP contribution in [0.5, 0.6) is 0 Å². The van der Waals surface area contributed by atoms with Crippen molar-refractivity contribution >= 4 is 0 Å². The van der Waals surface area contributed by atoms with Gasteiger partial charge < -0.3 is 5.32 Å². The highest BCUT2D eigenvalue weighted by molar-refractivity contribution is 5.21. The van der Waals surface area contributed by atoms with Crippen molar-refractivity contribution in [2.45, 2.75) is 46.7 Å². The van der Waals surface area contributed by atoms with Gasteiger partial charge in [-0.1, -0.05) is 13.0 Å². The zero-order chi connectivity index (χ0) is 10.6. The Kier molecular flexibility index (Phi) is 4.08. The fraction of sp³-hybridized carbons (Fsp3) is 0.583. The number of aryl methyl sites for hydroxylation is 2. The van der Waals surface area contributed by atoms with E-state index in [1.807, 2.05) is 6.92 Å². The first-order valence-corrected chi connectivity index (χ1v) is 5.30. The number of hydrogen-bond donors (Lipinski definition) is 1. The molecule has 0 fully saturated rings. The van der Waals surface area contributed by atoms with Gasteiger partial charge in [0.1, 0.15) is 0 Å². The first-order valence-electron chi connectivity index (χ1n) is 5.30. The molecular weight excluding hydrogens is 172 g/mol. The highest BCUT2D eigenvalue weighted by atomic mass is 14.9. The van der Waals surface area contributed by atoms with Crippen LogP contribution in [0.4, 0.5) is 0 Å². The van der Waals surface area contributed by atoms with Crippen molar-refractivity contribution in [3.8, 4) is 0 Å². The maximum atomic E-state index is 4.44. The Morgan fingerprint density at radius 3 is 2.64 bits per heavy atom. The van der Waals surface area contributed by atoms with Crippen molar-refractivity contribution in [3.05, 3.63) is 29.1 Å². The molecule has 0 bridgehead atoms. The molecule has 1 aromatic rings. The Balaban J connectivity index is 2.59. The molecule has 0 saturated heterocycles. The quantitative estimate of drug-likeness (QED) is 0.793. The second kappa shape index (κ2) is 5.11. The Labute approximate surface area is 86.8 Å². The summed E-state index contributed by atoms with van der Waals surface area (Å²) in [6.07, 6.45) is 1.17. The Morgan fingerprint density at radius 1 is 1.36 bits per heavy atom. The maximum absolute atomic E-state index is 4.44. The van der Waals surface area contributed by atoms with Gasteiger partial charge in [0, 0.05) is 24.0 Å². The zero-order valence-corrected chi connectivity index (χ0v) is 9.59. The summed E-state index contributed by atoms with van der Waals surface area (Å²) in [5.41, 5.74) is 3.53. The van der Waals surface area contributed by atoms with Crippen LogP contribution >= 0.6 is 0 Å². The molecule has 1 heterocycles. The van der Waals surface area contributed by atoms with E-state index in [2.05, 4.69) is 43.2 Å². The van der Waals surface area contributed by atoms with E-state index in [1.165, 1.54) is 12.0 Å². The smallest absolute Gasteiger partial charge is 0.0420 e. The Morgan fingerprint density at radius 2 is 2.07 bits per heavy atom. The van der Waals surface area contributed by atoms with Gasteiger partial charge in [0.05, 0.1) is 0 Å². The van der Waals surface area contributed by atoms with Crippen LogP contribution in [0.2, 0.25) is 0 Å². The summed E-state index contributed by atoms with van der Waals surface area (Å²) in [6, 6.07) is 4.81. The fourth-order valence-electron chi connectivity index (χ4n) is 1.33. The molecule has 1 unspecified atom stereocenters. The van der Waals surface area contributed by atoms with Gasteiger partial charge in [0.25, 0.3) is 0 Å². The maximum Gasteiger partial charge on any atom is 0.0420 e. The molecule has 0 amide bonds. The minimum absolute atomic E-state index is 0.579. The van der Waals surface area contributed by atoms with E-state index in [-0.39, 0.29) is 0 Å².